The van der Waals surface area contributed by atoms with Gasteiger partial charge in [-0.25, -0.2) is 9.79 Å². The van der Waals surface area contributed by atoms with Crippen molar-refractivity contribution in [1.29, 1.82) is 0 Å². The van der Waals surface area contributed by atoms with Crippen LogP contribution in [0.3, 0.4) is 0 Å². The van der Waals surface area contributed by atoms with Gasteiger partial charge in [0.25, 0.3) is 5.56 Å². The van der Waals surface area contributed by atoms with Gasteiger partial charge in [0, 0.05) is 5.56 Å². The average molecular weight is 506 g/mol. The van der Waals surface area contributed by atoms with E-state index in [1.54, 1.807) is 32.1 Å². The molecule has 8 nitrogen and oxygen atoms in total. The quantitative estimate of drug-likeness (QED) is 0.454. The number of carbonyl (C=O) groups is 2. The first-order chi connectivity index (χ1) is 17.2. The SMILES string of the molecule is CCOC(=O)C1=C(C)N=c2sc(=Cc3ccc(C(=O)[O-])cc3)c(=O)n2[C@@H]1c1ccccc1OC(C)C. The van der Waals surface area contributed by atoms with Crippen molar-refractivity contribution >= 4 is 29.4 Å². The fraction of sp³-hybridized carbons (Fsp3) is 0.259. The molecule has 0 spiro atoms. The lowest BCUT2D eigenvalue weighted by Crippen LogP contribution is -2.40. The van der Waals surface area contributed by atoms with Crippen LogP contribution in [-0.4, -0.2) is 29.2 Å². The van der Waals surface area contributed by atoms with Gasteiger partial charge in [-0.1, -0.05) is 53.8 Å². The smallest absolute Gasteiger partial charge is 0.338 e. The third-order valence-electron chi connectivity index (χ3n) is 5.54. The predicted octanol–water partition coefficient (Wildman–Crippen LogP) is 1.95. The molecule has 4 rings (SSSR count). The van der Waals surface area contributed by atoms with Crippen LogP contribution in [0.2, 0.25) is 0 Å². The number of carboxylic acid groups (broad SMARTS) is 1. The highest BCUT2D eigenvalue weighted by molar-refractivity contribution is 7.07. The molecule has 3 aromatic rings. The Bertz CT molecular complexity index is 1530. The molecule has 2 heterocycles. The number of fused-ring (bicyclic) bond motifs is 1. The molecule has 0 unspecified atom stereocenters. The fourth-order valence-electron chi connectivity index (χ4n) is 4.02. The van der Waals surface area contributed by atoms with Crippen LogP contribution in [0.15, 0.2) is 69.6 Å². The number of ether oxygens (including phenoxy) is 2. The topological polar surface area (TPSA) is 110 Å². The lowest BCUT2D eigenvalue weighted by molar-refractivity contribution is -0.255. The van der Waals surface area contributed by atoms with Gasteiger partial charge in [-0.15, -0.1) is 0 Å². The molecule has 0 radical (unpaired) electrons. The summed E-state index contributed by atoms with van der Waals surface area (Å²) >= 11 is 1.19. The number of rotatable bonds is 7. The van der Waals surface area contributed by atoms with E-state index in [-0.39, 0.29) is 29.4 Å². The fourth-order valence-corrected chi connectivity index (χ4v) is 5.07. The molecule has 1 aliphatic rings. The van der Waals surface area contributed by atoms with Crippen molar-refractivity contribution < 1.29 is 24.2 Å². The van der Waals surface area contributed by atoms with Crippen LogP contribution in [0.25, 0.3) is 6.08 Å². The molecule has 0 fully saturated rings. The molecule has 36 heavy (non-hydrogen) atoms. The number of aromatic nitrogens is 1. The van der Waals surface area contributed by atoms with E-state index in [9.17, 15) is 19.5 Å². The van der Waals surface area contributed by atoms with Crippen LogP contribution < -0.4 is 24.7 Å². The summed E-state index contributed by atoms with van der Waals surface area (Å²) in [5.74, 6) is -1.26. The van der Waals surface area contributed by atoms with E-state index in [0.717, 1.165) is 0 Å². The standard InChI is InChI=1S/C27H26N2O6S/c1-5-34-26(33)22-16(4)28-27-29(23(22)19-8-6-7-9-20(19)35-15(2)3)24(30)21(36-27)14-17-10-12-18(13-11-17)25(31)32/h6-15,23H,5H2,1-4H3,(H,31,32)/p-1/t23-/m1/s1. The van der Waals surface area contributed by atoms with E-state index >= 15 is 0 Å². The van der Waals surface area contributed by atoms with Crippen LogP contribution in [0, 0.1) is 0 Å². The number of aromatic carboxylic acids is 1. The largest absolute Gasteiger partial charge is 0.545 e. The maximum absolute atomic E-state index is 13.7. The minimum atomic E-state index is -1.27. The molecule has 0 saturated heterocycles. The number of hydrogen-bond donors (Lipinski definition) is 0. The van der Waals surface area contributed by atoms with E-state index in [1.807, 2.05) is 38.1 Å². The number of benzene rings is 2. The summed E-state index contributed by atoms with van der Waals surface area (Å²) in [4.78, 5) is 42.8. The Morgan fingerprint density at radius 1 is 1.17 bits per heavy atom. The van der Waals surface area contributed by atoms with Crippen molar-refractivity contribution in [2.75, 3.05) is 6.61 Å². The van der Waals surface area contributed by atoms with E-state index in [1.165, 1.54) is 28.0 Å². The van der Waals surface area contributed by atoms with Gasteiger partial charge < -0.3 is 19.4 Å². The van der Waals surface area contributed by atoms with Crippen LogP contribution in [0.5, 0.6) is 5.75 Å². The molecule has 0 amide bonds. The molecule has 0 aliphatic carbocycles. The first-order valence-corrected chi connectivity index (χ1v) is 12.3. The second kappa shape index (κ2) is 10.3. The van der Waals surface area contributed by atoms with Crippen LogP contribution in [-0.2, 0) is 9.53 Å². The van der Waals surface area contributed by atoms with Crippen LogP contribution in [0.1, 0.15) is 55.2 Å². The van der Waals surface area contributed by atoms with Gasteiger partial charge in [0.2, 0.25) is 0 Å². The highest BCUT2D eigenvalue weighted by Crippen LogP contribution is 2.36. The number of allylic oxidation sites excluding steroid dienone is 1. The summed E-state index contributed by atoms with van der Waals surface area (Å²) in [6.45, 7) is 7.43. The number of nitrogens with zero attached hydrogens (tertiary/aromatic N) is 2. The number of esters is 1. The van der Waals surface area contributed by atoms with Gasteiger partial charge in [0.15, 0.2) is 4.80 Å². The zero-order valence-corrected chi connectivity index (χ0v) is 21.1. The van der Waals surface area contributed by atoms with Crippen LogP contribution in [0.4, 0.5) is 0 Å². The molecule has 0 N–H and O–H groups in total. The molecule has 1 aliphatic heterocycles. The summed E-state index contributed by atoms with van der Waals surface area (Å²) in [6, 6.07) is 12.5. The van der Waals surface area contributed by atoms with Crippen molar-refractivity contribution in [2.24, 2.45) is 4.99 Å². The van der Waals surface area contributed by atoms with Crippen molar-refractivity contribution in [1.82, 2.24) is 4.57 Å². The molecule has 1 atom stereocenters. The summed E-state index contributed by atoms with van der Waals surface area (Å²) in [5.41, 5.74) is 1.74. The van der Waals surface area contributed by atoms with E-state index in [2.05, 4.69) is 4.99 Å². The highest BCUT2D eigenvalue weighted by Gasteiger charge is 2.35. The van der Waals surface area contributed by atoms with Gasteiger partial charge in [-0.05, 0) is 51.0 Å². The Hall–Kier alpha value is -3.98. The monoisotopic (exact) mass is 505 g/mol. The zero-order chi connectivity index (χ0) is 26.0. The average Bonchev–Trinajstić information content (AvgIpc) is 3.13. The maximum Gasteiger partial charge on any atom is 0.338 e. The Labute approximate surface area is 211 Å². The molecule has 1 aromatic heterocycles. The van der Waals surface area contributed by atoms with Crippen molar-refractivity contribution in [3.63, 3.8) is 0 Å². The lowest BCUT2D eigenvalue weighted by Gasteiger charge is -2.26. The predicted molar refractivity (Wildman–Crippen MR) is 133 cm³/mol. The number of para-hydroxylation sites is 1. The molecular weight excluding hydrogens is 480 g/mol. The second-order valence-electron chi connectivity index (χ2n) is 8.42. The summed E-state index contributed by atoms with van der Waals surface area (Å²) < 4.78 is 13.3. The Morgan fingerprint density at radius 3 is 2.50 bits per heavy atom. The Kier molecular flexibility index (Phi) is 7.21. The van der Waals surface area contributed by atoms with E-state index in [4.69, 9.17) is 9.47 Å². The molecule has 0 saturated carbocycles. The Morgan fingerprint density at radius 2 is 1.86 bits per heavy atom. The van der Waals surface area contributed by atoms with Crippen molar-refractivity contribution in [3.05, 3.63) is 96.2 Å². The molecule has 186 valence electrons. The van der Waals surface area contributed by atoms with Gasteiger partial charge in [-0.2, -0.15) is 0 Å². The number of hydrogen-bond acceptors (Lipinski definition) is 8. The molecular formula is C27H25N2O6S-. The van der Waals surface area contributed by atoms with Crippen molar-refractivity contribution in [2.45, 2.75) is 39.8 Å². The number of carbonyl (C=O) groups excluding carboxylic acids is 2. The minimum Gasteiger partial charge on any atom is -0.545 e. The first kappa shape index (κ1) is 25.1. The number of carboxylic acids is 1. The van der Waals surface area contributed by atoms with Crippen molar-refractivity contribution in [3.8, 4) is 5.75 Å². The molecule has 9 heteroatoms. The maximum atomic E-state index is 13.7. The Balaban J connectivity index is 1.94. The summed E-state index contributed by atoms with van der Waals surface area (Å²) in [7, 11) is 0. The highest BCUT2D eigenvalue weighted by atomic mass is 32.1. The van der Waals surface area contributed by atoms with Gasteiger partial charge in [0.05, 0.1) is 34.5 Å². The third kappa shape index (κ3) is 4.87. The van der Waals surface area contributed by atoms with E-state index < -0.39 is 18.0 Å². The number of thiazole rings is 1. The molecule has 0 bridgehead atoms. The van der Waals surface area contributed by atoms with Gasteiger partial charge in [0.1, 0.15) is 11.8 Å². The first-order valence-electron chi connectivity index (χ1n) is 11.5. The summed E-state index contributed by atoms with van der Waals surface area (Å²) in [5, 5.41) is 11.0. The second-order valence-corrected chi connectivity index (χ2v) is 9.43. The molecule has 2 aromatic carbocycles. The normalized spacial score (nSPS) is 15.5. The van der Waals surface area contributed by atoms with Crippen LogP contribution >= 0.6 is 11.3 Å². The third-order valence-corrected chi connectivity index (χ3v) is 6.52. The zero-order valence-electron chi connectivity index (χ0n) is 20.3. The lowest BCUT2D eigenvalue weighted by atomic mass is 9.95. The van der Waals surface area contributed by atoms with Gasteiger partial charge >= 0.3 is 5.97 Å². The van der Waals surface area contributed by atoms with E-state index in [0.29, 0.717) is 31.9 Å². The minimum absolute atomic E-state index is 0.0464. The summed E-state index contributed by atoms with van der Waals surface area (Å²) in [6.07, 6.45) is 1.54. The van der Waals surface area contributed by atoms with Gasteiger partial charge in [-0.3, -0.25) is 9.36 Å².